The summed E-state index contributed by atoms with van der Waals surface area (Å²) in [5.41, 5.74) is 0. The Balaban J connectivity index is 2.38. The van der Waals surface area contributed by atoms with Gasteiger partial charge < -0.3 is 0 Å². The zero-order valence-electron chi connectivity index (χ0n) is 10.2. The summed E-state index contributed by atoms with van der Waals surface area (Å²) in [6.07, 6.45) is 14.8. The zero-order chi connectivity index (χ0) is 10.2. The van der Waals surface area contributed by atoms with Gasteiger partial charge in [0.2, 0.25) is 0 Å². The molecule has 0 bridgehead atoms. The molecule has 1 saturated carbocycles. The molecule has 0 radical (unpaired) electrons. The fourth-order valence-corrected chi connectivity index (χ4v) is 3.14. The Labute approximate surface area is 90.5 Å². The van der Waals surface area contributed by atoms with Gasteiger partial charge in [-0.1, -0.05) is 78.1 Å². The molecule has 0 amide bonds. The first-order valence-corrected chi connectivity index (χ1v) is 6.88. The molecule has 0 aromatic rings. The quantitative estimate of drug-likeness (QED) is 0.532. The van der Waals surface area contributed by atoms with Crippen LogP contribution in [0.4, 0.5) is 0 Å². The molecular weight excluding hydrogens is 168 g/mol. The normalized spacial score (nSPS) is 19.9. The Bertz CT molecular complexity index is 114. The monoisotopic (exact) mass is 196 g/mol. The molecule has 0 spiro atoms. The molecule has 14 heavy (non-hydrogen) atoms. The maximum absolute atomic E-state index is 2.35. The molecule has 1 aliphatic carbocycles. The minimum absolute atomic E-state index is 1.06. The summed E-state index contributed by atoms with van der Waals surface area (Å²) in [7, 11) is 0. The van der Waals surface area contributed by atoms with Crippen molar-refractivity contribution in [1.29, 1.82) is 0 Å². The van der Waals surface area contributed by atoms with Gasteiger partial charge in [-0.05, 0) is 11.8 Å². The van der Waals surface area contributed by atoms with Gasteiger partial charge in [-0.2, -0.15) is 0 Å². The second-order valence-corrected chi connectivity index (χ2v) is 5.09. The summed E-state index contributed by atoms with van der Waals surface area (Å²) in [5.74, 6) is 2.14. The number of rotatable bonds is 5. The second kappa shape index (κ2) is 7.31. The van der Waals surface area contributed by atoms with Crippen molar-refractivity contribution in [3.63, 3.8) is 0 Å². The molecule has 0 atom stereocenters. The lowest BCUT2D eigenvalue weighted by atomic mass is 9.81. The van der Waals surface area contributed by atoms with Crippen molar-refractivity contribution in [1.82, 2.24) is 0 Å². The molecule has 1 fully saturated rings. The molecule has 84 valence electrons. The molecule has 0 unspecified atom stereocenters. The molecule has 1 rings (SSSR count). The van der Waals surface area contributed by atoms with Crippen LogP contribution in [0.3, 0.4) is 0 Å². The lowest BCUT2D eigenvalue weighted by molar-refractivity contribution is 0.262. The van der Waals surface area contributed by atoms with Crippen LogP contribution < -0.4 is 0 Å². The van der Waals surface area contributed by atoms with E-state index < -0.39 is 0 Å². The highest BCUT2D eigenvalue weighted by Crippen LogP contribution is 2.33. The van der Waals surface area contributed by atoms with Crippen LogP contribution in [0.25, 0.3) is 0 Å². The van der Waals surface area contributed by atoms with Crippen LogP contribution in [-0.4, -0.2) is 0 Å². The van der Waals surface area contributed by atoms with E-state index in [-0.39, 0.29) is 0 Å². The van der Waals surface area contributed by atoms with Gasteiger partial charge in [-0.15, -0.1) is 0 Å². The van der Waals surface area contributed by atoms with Gasteiger partial charge in [0.15, 0.2) is 0 Å². The molecule has 0 aromatic heterocycles. The third-order valence-electron chi connectivity index (χ3n) is 3.89. The van der Waals surface area contributed by atoms with Crippen molar-refractivity contribution < 1.29 is 0 Å². The van der Waals surface area contributed by atoms with E-state index in [2.05, 4.69) is 13.8 Å². The maximum Gasteiger partial charge on any atom is -0.0386 e. The highest BCUT2D eigenvalue weighted by atomic mass is 14.3. The smallest absolute Gasteiger partial charge is 0.0386 e. The molecule has 1 aliphatic rings. The van der Waals surface area contributed by atoms with Crippen molar-refractivity contribution in [3.8, 4) is 0 Å². The van der Waals surface area contributed by atoms with Crippen LogP contribution in [0.1, 0.15) is 78.1 Å². The SMILES string of the molecule is CCCC(CCC)C1CCCCCC1. The summed E-state index contributed by atoms with van der Waals surface area (Å²) >= 11 is 0. The van der Waals surface area contributed by atoms with Crippen LogP contribution in [-0.2, 0) is 0 Å². The average Bonchev–Trinajstić information content (AvgIpc) is 2.45. The van der Waals surface area contributed by atoms with Crippen LogP contribution in [0.5, 0.6) is 0 Å². The summed E-state index contributed by atoms with van der Waals surface area (Å²) in [6.45, 7) is 4.69. The lowest BCUT2D eigenvalue weighted by Gasteiger charge is -2.25. The molecule has 0 saturated heterocycles. The van der Waals surface area contributed by atoms with Gasteiger partial charge in [-0.3, -0.25) is 0 Å². The fraction of sp³-hybridized carbons (Fsp3) is 1.00. The third-order valence-corrected chi connectivity index (χ3v) is 3.89. The minimum Gasteiger partial charge on any atom is -0.0654 e. The first kappa shape index (κ1) is 12.1. The van der Waals surface area contributed by atoms with E-state index in [9.17, 15) is 0 Å². The van der Waals surface area contributed by atoms with Crippen LogP contribution in [0.2, 0.25) is 0 Å². The Morgan fingerprint density at radius 3 is 1.79 bits per heavy atom. The van der Waals surface area contributed by atoms with E-state index in [0.29, 0.717) is 0 Å². The second-order valence-electron chi connectivity index (χ2n) is 5.09. The molecule has 0 N–H and O–H groups in total. The topological polar surface area (TPSA) is 0 Å². The lowest BCUT2D eigenvalue weighted by Crippen LogP contribution is -2.14. The Hall–Kier alpha value is 0. The molecule has 0 aromatic carbocycles. The molecule has 0 heterocycles. The first-order valence-electron chi connectivity index (χ1n) is 6.88. The van der Waals surface area contributed by atoms with E-state index in [1.165, 1.54) is 64.2 Å². The summed E-state index contributed by atoms with van der Waals surface area (Å²) in [4.78, 5) is 0. The van der Waals surface area contributed by atoms with E-state index in [1.54, 1.807) is 0 Å². The first-order chi connectivity index (χ1) is 6.88. The van der Waals surface area contributed by atoms with E-state index in [0.717, 1.165) is 11.8 Å². The predicted octanol–water partition coefficient (Wildman–Crippen LogP) is 5.17. The fourth-order valence-electron chi connectivity index (χ4n) is 3.14. The Morgan fingerprint density at radius 2 is 1.36 bits per heavy atom. The Kier molecular flexibility index (Phi) is 6.31. The van der Waals surface area contributed by atoms with Gasteiger partial charge in [-0.25, -0.2) is 0 Å². The average molecular weight is 196 g/mol. The van der Waals surface area contributed by atoms with E-state index >= 15 is 0 Å². The third kappa shape index (κ3) is 4.02. The van der Waals surface area contributed by atoms with Crippen molar-refractivity contribution in [2.75, 3.05) is 0 Å². The van der Waals surface area contributed by atoms with Crippen molar-refractivity contribution in [2.45, 2.75) is 78.1 Å². The van der Waals surface area contributed by atoms with Gasteiger partial charge in [0, 0.05) is 0 Å². The number of hydrogen-bond donors (Lipinski definition) is 0. The highest BCUT2D eigenvalue weighted by molar-refractivity contribution is 4.72. The predicted molar refractivity (Wildman–Crippen MR) is 64.5 cm³/mol. The Morgan fingerprint density at radius 1 is 0.857 bits per heavy atom. The summed E-state index contributed by atoms with van der Waals surface area (Å²) in [5, 5.41) is 0. The van der Waals surface area contributed by atoms with Crippen LogP contribution in [0, 0.1) is 11.8 Å². The standard InChI is InChI=1S/C14H28/c1-3-9-13(10-4-2)14-11-7-5-6-8-12-14/h13-14H,3-12H2,1-2H3. The molecular formula is C14H28. The van der Waals surface area contributed by atoms with Gasteiger partial charge >= 0.3 is 0 Å². The van der Waals surface area contributed by atoms with Gasteiger partial charge in [0.25, 0.3) is 0 Å². The van der Waals surface area contributed by atoms with Crippen molar-refractivity contribution in [3.05, 3.63) is 0 Å². The maximum atomic E-state index is 2.35. The molecule has 0 heteroatoms. The zero-order valence-corrected chi connectivity index (χ0v) is 10.2. The highest BCUT2D eigenvalue weighted by Gasteiger charge is 2.20. The molecule has 0 nitrogen and oxygen atoms in total. The van der Waals surface area contributed by atoms with E-state index in [4.69, 9.17) is 0 Å². The van der Waals surface area contributed by atoms with Crippen molar-refractivity contribution >= 4 is 0 Å². The van der Waals surface area contributed by atoms with Crippen LogP contribution >= 0.6 is 0 Å². The number of hydrogen-bond acceptors (Lipinski definition) is 0. The summed E-state index contributed by atoms with van der Waals surface area (Å²) < 4.78 is 0. The molecule has 0 aliphatic heterocycles. The summed E-state index contributed by atoms with van der Waals surface area (Å²) in [6, 6.07) is 0. The van der Waals surface area contributed by atoms with Crippen LogP contribution in [0.15, 0.2) is 0 Å². The van der Waals surface area contributed by atoms with Gasteiger partial charge in [0.05, 0.1) is 0 Å². The minimum atomic E-state index is 1.06. The largest absolute Gasteiger partial charge is 0.0654 e. The van der Waals surface area contributed by atoms with Crippen molar-refractivity contribution in [2.24, 2.45) is 11.8 Å². The van der Waals surface area contributed by atoms with Gasteiger partial charge in [0.1, 0.15) is 0 Å². The van der Waals surface area contributed by atoms with E-state index in [1.807, 2.05) is 0 Å².